The normalized spacial score (nSPS) is 9.00. The number of halogens is 1. The minimum Gasteiger partial charge on any atom is -0.355 e. The number of hydrogen-bond donors (Lipinski definition) is 3. The van der Waals surface area contributed by atoms with E-state index >= 15 is 0 Å². The summed E-state index contributed by atoms with van der Waals surface area (Å²) in [5.41, 5.74) is 10.3. The Labute approximate surface area is 140 Å². The van der Waals surface area contributed by atoms with Crippen LogP contribution in [0, 0.1) is 0 Å². The van der Waals surface area contributed by atoms with E-state index in [1.54, 1.807) is 0 Å². The second-order valence-electron chi connectivity index (χ2n) is 3.45. The molecule has 128 valence electrons. The Bertz CT molecular complexity index is 111. The molecule has 0 fully saturated rings. The molecule has 0 aromatic rings. The third-order valence-corrected chi connectivity index (χ3v) is 1.55. The monoisotopic (exact) mass is 411 g/mol. The summed E-state index contributed by atoms with van der Waals surface area (Å²) < 4.78 is 19.9. The van der Waals surface area contributed by atoms with Crippen molar-refractivity contribution < 1.29 is 18.9 Å². The first-order valence-electron chi connectivity index (χ1n) is 6.54. The van der Waals surface area contributed by atoms with Gasteiger partial charge in [0.2, 0.25) is 0 Å². The van der Waals surface area contributed by atoms with Crippen LogP contribution in [0.1, 0.15) is 26.7 Å². The maximum Gasteiger partial charge on any atom is 0.146 e. The predicted octanol–water partition coefficient (Wildman–Crippen LogP) is 1.47. The van der Waals surface area contributed by atoms with Crippen molar-refractivity contribution in [1.82, 2.24) is 6.15 Å². The zero-order chi connectivity index (χ0) is 13.9. The zero-order valence-electron chi connectivity index (χ0n) is 13.0. The molecule has 0 radical (unpaired) electrons. The quantitative estimate of drug-likeness (QED) is 0.252. The van der Waals surface area contributed by atoms with Gasteiger partial charge in [0, 0.05) is 26.3 Å². The Morgan fingerprint density at radius 3 is 1.20 bits per heavy atom. The molecule has 0 aliphatic carbocycles. The van der Waals surface area contributed by atoms with Crippen molar-refractivity contribution in [2.75, 3.05) is 53.1 Å². The van der Waals surface area contributed by atoms with Crippen molar-refractivity contribution in [1.29, 1.82) is 0 Å². The van der Waals surface area contributed by atoms with E-state index in [1.807, 2.05) is 0 Å². The van der Waals surface area contributed by atoms with Gasteiger partial charge in [0.25, 0.3) is 0 Å². The van der Waals surface area contributed by atoms with Crippen LogP contribution in [0.15, 0.2) is 0 Å². The van der Waals surface area contributed by atoms with Gasteiger partial charge in [-0.15, -0.1) is 24.0 Å². The van der Waals surface area contributed by atoms with Crippen LogP contribution in [0.4, 0.5) is 0 Å². The highest BCUT2D eigenvalue weighted by Gasteiger charge is 1.84. The second kappa shape index (κ2) is 31.7. The van der Waals surface area contributed by atoms with E-state index in [0.717, 1.165) is 26.1 Å². The van der Waals surface area contributed by atoms with E-state index < -0.39 is 0 Å². The average Bonchev–Trinajstić information content (AvgIpc) is 2.39. The van der Waals surface area contributed by atoms with Gasteiger partial charge in [-0.3, -0.25) is 0 Å². The Morgan fingerprint density at radius 1 is 0.650 bits per heavy atom. The minimum atomic E-state index is 0. The summed E-state index contributed by atoms with van der Waals surface area (Å²) in [4.78, 5) is 0. The molecule has 0 amide bonds. The molecule has 20 heavy (non-hydrogen) atoms. The van der Waals surface area contributed by atoms with Gasteiger partial charge in [0.15, 0.2) is 0 Å². The Hall–Kier alpha value is 0.450. The van der Waals surface area contributed by atoms with Gasteiger partial charge < -0.3 is 36.6 Å². The third kappa shape index (κ3) is 36.2. The molecule has 0 aliphatic heterocycles. The third-order valence-electron chi connectivity index (χ3n) is 1.55. The van der Waals surface area contributed by atoms with E-state index in [9.17, 15) is 0 Å². The summed E-state index contributed by atoms with van der Waals surface area (Å²) in [6, 6.07) is 0. The molecule has 0 aliphatic rings. The van der Waals surface area contributed by atoms with Crippen LogP contribution in [0.3, 0.4) is 0 Å². The zero-order valence-corrected chi connectivity index (χ0v) is 15.3. The second-order valence-corrected chi connectivity index (χ2v) is 3.45. The first kappa shape index (κ1) is 28.6. The van der Waals surface area contributed by atoms with Crippen molar-refractivity contribution in [3.8, 4) is 0 Å². The molecular weight excluding hydrogens is 377 g/mol. The summed E-state index contributed by atoms with van der Waals surface area (Å²) in [6.07, 6.45) is 2.13. The minimum absolute atomic E-state index is 0. The number of rotatable bonds is 12. The molecule has 8 heteroatoms. The molecule has 0 saturated heterocycles. The van der Waals surface area contributed by atoms with Crippen LogP contribution in [-0.2, 0) is 18.9 Å². The maximum atomic E-state index is 5.14. The van der Waals surface area contributed by atoms with E-state index in [-0.39, 0.29) is 30.1 Å². The summed E-state index contributed by atoms with van der Waals surface area (Å²) in [5.74, 6) is 0. The topological polar surface area (TPSA) is 124 Å². The van der Waals surface area contributed by atoms with Crippen molar-refractivity contribution in [2.24, 2.45) is 11.5 Å². The largest absolute Gasteiger partial charge is 0.355 e. The van der Waals surface area contributed by atoms with Crippen molar-refractivity contribution in [3.05, 3.63) is 0 Å². The molecule has 0 rings (SSSR count). The van der Waals surface area contributed by atoms with Crippen LogP contribution in [0.5, 0.6) is 0 Å². The fourth-order valence-electron chi connectivity index (χ4n) is 0.809. The highest BCUT2D eigenvalue weighted by Crippen LogP contribution is 1.83. The molecule has 7 nitrogen and oxygen atoms in total. The lowest BCUT2D eigenvalue weighted by molar-refractivity contribution is -0.0531. The molecule has 0 heterocycles. The first-order valence-corrected chi connectivity index (χ1v) is 6.54. The number of ether oxygens (including phenoxy) is 4. The SMILES string of the molecule is CCCOCOCCC.I.N.NCCOCOCCN. The lowest BCUT2D eigenvalue weighted by Gasteiger charge is -2.01. The predicted molar refractivity (Wildman–Crippen MR) is 92.7 cm³/mol. The van der Waals surface area contributed by atoms with Gasteiger partial charge in [-0.05, 0) is 12.8 Å². The standard InChI is InChI=1S/C7H16O2.C5H14N2O2.HI.H3N/c1-3-5-8-7-9-6-4-2;6-1-3-8-5-9-4-2-7;;/h3-7H2,1-2H3;1-7H2;1H;1H3. The summed E-state index contributed by atoms with van der Waals surface area (Å²) >= 11 is 0. The summed E-state index contributed by atoms with van der Waals surface area (Å²) in [7, 11) is 0. The molecule has 0 saturated carbocycles. The highest BCUT2D eigenvalue weighted by molar-refractivity contribution is 14.0. The Balaban J connectivity index is -0.000000116. The molecule has 0 atom stereocenters. The van der Waals surface area contributed by atoms with Gasteiger partial charge in [-0.2, -0.15) is 0 Å². The van der Waals surface area contributed by atoms with Crippen molar-refractivity contribution >= 4 is 24.0 Å². The van der Waals surface area contributed by atoms with Gasteiger partial charge >= 0.3 is 0 Å². The van der Waals surface area contributed by atoms with Gasteiger partial charge in [0.05, 0.1) is 13.2 Å². The van der Waals surface area contributed by atoms with Crippen LogP contribution in [-0.4, -0.2) is 53.1 Å². The Morgan fingerprint density at radius 2 is 0.950 bits per heavy atom. The first-order chi connectivity index (χ1) is 8.83. The summed E-state index contributed by atoms with van der Waals surface area (Å²) in [5, 5.41) is 0. The highest BCUT2D eigenvalue weighted by atomic mass is 127. The van der Waals surface area contributed by atoms with Crippen LogP contribution < -0.4 is 17.6 Å². The Kier molecular flexibility index (Phi) is 45.3. The van der Waals surface area contributed by atoms with E-state index in [4.69, 9.17) is 30.4 Å². The number of nitrogens with two attached hydrogens (primary N) is 2. The van der Waals surface area contributed by atoms with Gasteiger partial charge in [-0.25, -0.2) is 0 Å². The maximum absolute atomic E-state index is 5.14. The molecule has 0 aromatic carbocycles. The van der Waals surface area contributed by atoms with E-state index in [2.05, 4.69) is 13.8 Å². The van der Waals surface area contributed by atoms with E-state index in [1.165, 1.54) is 0 Å². The molecule has 7 N–H and O–H groups in total. The van der Waals surface area contributed by atoms with Crippen molar-refractivity contribution in [3.63, 3.8) is 0 Å². The lowest BCUT2D eigenvalue weighted by atomic mass is 10.5. The molecule has 0 spiro atoms. The van der Waals surface area contributed by atoms with Crippen LogP contribution in [0.2, 0.25) is 0 Å². The smallest absolute Gasteiger partial charge is 0.146 e. The summed E-state index contributed by atoms with van der Waals surface area (Å²) in [6.45, 7) is 8.70. The molecular formula is C12H34IN3O4. The van der Waals surface area contributed by atoms with Crippen LogP contribution in [0.25, 0.3) is 0 Å². The molecule has 0 aromatic heterocycles. The fourth-order valence-corrected chi connectivity index (χ4v) is 0.809. The molecule has 0 bridgehead atoms. The average molecular weight is 411 g/mol. The van der Waals surface area contributed by atoms with Crippen molar-refractivity contribution in [2.45, 2.75) is 26.7 Å². The number of hydrogen-bond acceptors (Lipinski definition) is 7. The molecule has 0 unspecified atom stereocenters. The van der Waals surface area contributed by atoms with E-state index in [0.29, 0.717) is 39.9 Å². The lowest BCUT2D eigenvalue weighted by Crippen LogP contribution is -2.14. The van der Waals surface area contributed by atoms with Gasteiger partial charge in [-0.1, -0.05) is 13.8 Å². The van der Waals surface area contributed by atoms with Crippen LogP contribution >= 0.6 is 24.0 Å². The fraction of sp³-hybridized carbons (Fsp3) is 1.00. The van der Waals surface area contributed by atoms with Gasteiger partial charge in [0.1, 0.15) is 13.6 Å².